The number of nitrogens with zero attached hydrogens (tertiary/aromatic N) is 1. The Labute approximate surface area is 126 Å². The SMILES string of the molecule is CCCCCNC(=S)/C(C#N)=C(\N)c1ccc(C)cc1. The maximum atomic E-state index is 9.27. The molecule has 4 heteroatoms. The van der Waals surface area contributed by atoms with Gasteiger partial charge in [-0.3, -0.25) is 0 Å². The zero-order valence-electron chi connectivity index (χ0n) is 12.1. The Balaban J connectivity index is 2.82. The second kappa shape index (κ2) is 8.34. The molecule has 0 unspecified atom stereocenters. The summed E-state index contributed by atoms with van der Waals surface area (Å²) in [5, 5.41) is 12.4. The normalized spacial score (nSPS) is 11.4. The maximum absolute atomic E-state index is 9.27. The minimum Gasteiger partial charge on any atom is -0.397 e. The summed E-state index contributed by atoms with van der Waals surface area (Å²) < 4.78 is 0. The monoisotopic (exact) mass is 287 g/mol. The van der Waals surface area contributed by atoms with Gasteiger partial charge in [-0.1, -0.05) is 61.8 Å². The largest absolute Gasteiger partial charge is 0.397 e. The van der Waals surface area contributed by atoms with E-state index in [4.69, 9.17) is 18.0 Å². The fourth-order valence-electron chi connectivity index (χ4n) is 1.78. The highest BCUT2D eigenvalue weighted by Gasteiger charge is 2.10. The molecular formula is C16H21N3S. The van der Waals surface area contributed by atoms with Gasteiger partial charge in [0, 0.05) is 6.54 Å². The zero-order chi connectivity index (χ0) is 15.0. The molecule has 0 spiro atoms. The topological polar surface area (TPSA) is 61.8 Å². The first-order valence-electron chi connectivity index (χ1n) is 6.85. The van der Waals surface area contributed by atoms with Crippen LogP contribution in [0.1, 0.15) is 37.3 Å². The molecule has 0 aliphatic heterocycles. The first-order valence-corrected chi connectivity index (χ1v) is 7.26. The molecule has 106 valence electrons. The van der Waals surface area contributed by atoms with Crippen LogP contribution in [0.25, 0.3) is 5.70 Å². The van der Waals surface area contributed by atoms with Crippen LogP contribution in [0.15, 0.2) is 29.8 Å². The maximum Gasteiger partial charge on any atom is 0.119 e. The van der Waals surface area contributed by atoms with E-state index in [2.05, 4.69) is 18.3 Å². The van der Waals surface area contributed by atoms with E-state index < -0.39 is 0 Å². The average Bonchev–Trinajstić information content (AvgIpc) is 2.45. The molecule has 0 atom stereocenters. The summed E-state index contributed by atoms with van der Waals surface area (Å²) in [4.78, 5) is 0.432. The van der Waals surface area contributed by atoms with E-state index in [1.807, 2.05) is 31.2 Å². The third kappa shape index (κ3) is 4.67. The van der Waals surface area contributed by atoms with E-state index >= 15 is 0 Å². The number of benzene rings is 1. The molecule has 3 N–H and O–H groups in total. The molecule has 0 radical (unpaired) electrons. The van der Waals surface area contributed by atoms with Crippen molar-refractivity contribution in [1.82, 2.24) is 5.32 Å². The Morgan fingerprint density at radius 1 is 1.30 bits per heavy atom. The molecule has 0 fully saturated rings. The van der Waals surface area contributed by atoms with Crippen LogP contribution in [0.3, 0.4) is 0 Å². The van der Waals surface area contributed by atoms with Crippen molar-refractivity contribution in [2.75, 3.05) is 6.54 Å². The quantitative estimate of drug-likeness (QED) is 0.365. The number of nitriles is 1. The van der Waals surface area contributed by atoms with Gasteiger partial charge in [0.1, 0.15) is 16.6 Å². The van der Waals surface area contributed by atoms with E-state index in [1.54, 1.807) is 0 Å². The van der Waals surface area contributed by atoms with Crippen molar-refractivity contribution < 1.29 is 0 Å². The lowest BCUT2D eigenvalue weighted by molar-refractivity contribution is 0.698. The summed E-state index contributed by atoms with van der Waals surface area (Å²) >= 11 is 5.25. The van der Waals surface area contributed by atoms with Crippen molar-refractivity contribution in [3.05, 3.63) is 41.0 Å². The van der Waals surface area contributed by atoms with Gasteiger partial charge in [-0.25, -0.2) is 0 Å². The molecule has 0 aliphatic carbocycles. The number of nitrogens with two attached hydrogens (primary N) is 1. The summed E-state index contributed by atoms with van der Waals surface area (Å²) in [6, 6.07) is 9.85. The molecule has 0 bridgehead atoms. The number of aryl methyl sites for hydroxylation is 1. The molecule has 0 heterocycles. The fraction of sp³-hybridized carbons (Fsp3) is 0.375. The van der Waals surface area contributed by atoms with E-state index in [9.17, 15) is 5.26 Å². The van der Waals surface area contributed by atoms with Gasteiger partial charge in [0.05, 0.1) is 5.70 Å². The molecule has 1 rings (SSSR count). The second-order valence-corrected chi connectivity index (χ2v) is 5.14. The molecule has 1 aromatic carbocycles. The molecule has 0 saturated carbocycles. The van der Waals surface area contributed by atoms with Gasteiger partial charge in [-0.15, -0.1) is 0 Å². The number of hydrogen-bond donors (Lipinski definition) is 2. The van der Waals surface area contributed by atoms with E-state index in [0.29, 0.717) is 16.3 Å². The fourth-order valence-corrected chi connectivity index (χ4v) is 2.03. The van der Waals surface area contributed by atoms with Crippen LogP contribution >= 0.6 is 12.2 Å². The highest BCUT2D eigenvalue weighted by molar-refractivity contribution is 7.80. The third-order valence-electron chi connectivity index (χ3n) is 3.04. The second-order valence-electron chi connectivity index (χ2n) is 4.73. The average molecular weight is 287 g/mol. The molecule has 20 heavy (non-hydrogen) atoms. The lowest BCUT2D eigenvalue weighted by Gasteiger charge is -2.10. The van der Waals surface area contributed by atoms with E-state index in [0.717, 1.165) is 36.9 Å². The van der Waals surface area contributed by atoms with Crippen LogP contribution < -0.4 is 11.1 Å². The smallest absolute Gasteiger partial charge is 0.119 e. The van der Waals surface area contributed by atoms with Crippen LogP contribution in [0, 0.1) is 18.3 Å². The Morgan fingerprint density at radius 3 is 2.50 bits per heavy atom. The van der Waals surface area contributed by atoms with Crippen LogP contribution in [0.4, 0.5) is 0 Å². The van der Waals surface area contributed by atoms with Crippen molar-refractivity contribution in [2.24, 2.45) is 5.73 Å². The molecule has 0 amide bonds. The van der Waals surface area contributed by atoms with Crippen molar-refractivity contribution >= 4 is 22.9 Å². The predicted octanol–water partition coefficient (Wildman–Crippen LogP) is 3.30. The third-order valence-corrected chi connectivity index (χ3v) is 3.39. The zero-order valence-corrected chi connectivity index (χ0v) is 12.9. The van der Waals surface area contributed by atoms with E-state index in [-0.39, 0.29) is 0 Å². The van der Waals surface area contributed by atoms with Gasteiger partial charge in [0.25, 0.3) is 0 Å². The lowest BCUT2D eigenvalue weighted by atomic mass is 10.1. The minimum atomic E-state index is 0.348. The van der Waals surface area contributed by atoms with Crippen molar-refractivity contribution in [3.63, 3.8) is 0 Å². The summed E-state index contributed by atoms with van der Waals surface area (Å²) in [5.41, 5.74) is 8.82. The number of thiocarbonyl (C=S) groups is 1. The number of rotatable bonds is 6. The predicted molar refractivity (Wildman–Crippen MR) is 88.0 cm³/mol. The molecule has 0 saturated heterocycles. The summed E-state index contributed by atoms with van der Waals surface area (Å²) in [5.74, 6) is 0. The summed E-state index contributed by atoms with van der Waals surface area (Å²) in [7, 11) is 0. The number of unbranched alkanes of at least 4 members (excludes halogenated alkanes) is 2. The highest BCUT2D eigenvalue weighted by Crippen LogP contribution is 2.15. The van der Waals surface area contributed by atoms with Gasteiger partial charge in [0.2, 0.25) is 0 Å². The first kappa shape index (κ1) is 16.2. The molecule has 0 aliphatic rings. The van der Waals surface area contributed by atoms with Gasteiger partial charge >= 0.3 is 0 Å². The van der Waals surface area contributed by atoms with Crippen molar-refractivity contribution in [2.45, 2.75) is 33.1 Å². The van der Waals surface area contributed by atoms with Crippen LogP contribution in [0.2, 0.25) is 0 Å². The molecular weight excluding hydrogens is 266 g/mol. The van der Waals surface area contributed by atoms with Gasteiger partial charge in [-0.2, -0.15) is 5.26 Å². The van der Waals surface area contributed by atoms with Gasteiger partial charge in [-0.05, 0) is 18.9 Å². The Morgan fingerprint density at radius 2 is 1.95 bits per heavy atom. The molecule has 1 aromatic rings. The van der Waals surface area contributed by atoms with Gasteiger partial charge < -0.3 is 11.1 Å². The van der Waals surface area contributed by atoms with E-state index in [1.165, 1.54) is 0 Å². The van der Waals surface area contributed by atoms with Crippen LogP contribution in [-0.2, 0) is 0 Å². The van der Waals surface area contributed by atoms with Crippen LogP contribution in [-0.4, -0.2) is 11.5 Å². The lowest BCUT2D eigenvalue weighted by Crippen LogP contribution is -2.25. The molecule has 0 aromatic heterocycles. The minimum absolute atomic E-state index is 0.348. The molecule has 3 nitrogen and oxygen atoms in total. The Hall–Kier alpha value is -1.86. The summed E-state index contributed by atoms with van der Waals surface area (Å²) in [6.45, 7) is 4.93. The number of hydrogen-bond acceptors (Lipinski definition) is 3. The number of nitrogens with one attached hydrogen (secondary N) is 1. The highest BCUT2D eigenvalue weighted by atomic mass is 32.1. The standard InChI is InChI=1S/C16H21N3S/c1-3-4-5-10-19-16(20)14(11-17)15(18)13-8-6-12(2)7-9-13/h6-9H,3-5,10,18H2,1-2H3,(H,19,20)/b15-14-. The van der Waals surface area contributed by atoms with Crippen molar-refractivity contribution in [3.8, 4) is 6.07 Å². The van der Waals surface area contributed by atoms with Crippen molar-refractivity contribution in [1.29, 1.82) is 5.26 Å². The summed E-state index contributed by atoms with van der Waals surface area (Å²) in [6.07, 6.45) is 3.34. The first-order chi connectivity index (χ1) is 9.60. The Bertz CT molecular complexity index is 524. The Kier molecular flexibility index (Phi) is 6.75. The van der Waals surface area contributed by atoms with Gasteiger partial charge in [0.15, 0.2) is 0 Å². The van der Waals surface area contributed by atoms with Crippen LogP contribution in [0.5, 0.6) is 0 Å².